The van der Waals surface area contributed by atoms with Crippen LogP contribution in [-0.4, -0.2) is 11.8 Å². The van der Waals surface area contributed by atoms with Crippen molar-refractivity contribution in [2.24, 2.45) is 17.8 Å². The van der Waals surface area contributed by atoms with E-state index in [9.17, 15) is 9.59 Å². The molecule has 1 saturated carbocycles. The van der Waals surface area contributed by atoms with E-state index >= 15 is 0 Å². The summed E-state index contributed by atoms with van der Waals surface area (Å²) in [6, 6.07) is 25.3. The molecular formula is C27H25NO3. The minimum atomic E-state index is -0.162. The van der Waals surface area contributed by atoms with Gasteiger partial charge in [-0.3, -0.25) is 14.5 Å². The van der Waals surface area contributed by atoms with Crippen LogP contribution in [-0.2, 0) is 9.59 Å². The summed E-state index contributed by atoms with van der Waals surface area (Å²) in [6.45, 7) is 2.16. The maximum atomic E-state index is 12.9. The van der Waals surface area contributed by atoms with Crippen LogP contribution < -0.4 is 9.64 Å². The van der Waals surface area contributed by atoms with Crippen LogP contribution in [0.3, 0.4) is 0 Å². The van der Waals surface area contributed by atoms with Gasteiger partial charge in [-0.05, 0) is 61.1 Å². The van der Waals surface area contributed by atoms with Gasteiger partial charge >= 0.3 is 0 Å². The molecule has 1 heterocycles. The lowest BCUT2D eigenvalue weighted by molar-refractivity contribution is -0.122. The number of para-hydroxylation sites is 1. The van der Waals surface area contributed by atoms with Gasteiger partial charge in [-0.25, -0.2) is 0 Å². The van der Waals surface area contributed by atoms with Crippen molar-refractivity contribution < 1.29 is 14.3 Å². The Morgan fingerprint density at radius 3 is 2.23 bits per heavy atom. The molecule has 156 valence electrons. The summed E-state index contributed by atoms with van der Waals surface area (Å²) < 4.78 is 6.16. The third kappa shape index (κ3) is 3.63. The van der Waals surface area contributed by atoms with Gasteiger partial charge in [0.05, 0.1) is 17.5 Å². The van der Waals surface area contributed by atoms with Gasteiger partial charge in [0.25, 0.3) is 0 Å². The lowest BCUT2D eigenvalue weighted by atomic mass is 9.76. The fourth-order valence-electron chi connectivity index (χ4n) is 4.85. The Kier molecular flexibility index (Phi) is 5.06. The molecule has 4 nitrogen and oxygen atoms in total. The average Bonchev–Trinajstić information content (AvgIpc) is 3.05. The molecule has 0 bridgehead atoms. The van der Waals surface area contributed by atoms with Gasteiger partial charge in [-0.1, -0.05) is 55.5 Å². The van der Waals surface area contributed by atoms with Crippen LogP contribution >= 0.6 is 0 Å². The third-order valence-corrected chi connectivity index (χ3v) is 6.48. The first-order valence-electron chi connectivity index (χ1n) is 10.9. The number of ether oxygens (including phenoxy) is 1. The molecule has 0 spiro atoms. The summed E-state index contributed by atoms with van der Waals surface area (Å²) in [5.74, 6) is 1.50. The van der Waals surface area contributed by atoms with Crippen LogP contribution in [0.15, 0.2) is 78.9 Å². The zero-order valence-corrected chi connectivity index (χ0v) is 17.5. The standard InChI is InChI=1S/C27H25NO3/c1-18-11-16-23-24(17-18)27(30)28(26(23)29)20-12-14-21(15-13-20)31-25-10-6-5-9-22(25)19-7-3-2-4-8-19/h2-10,12-15,18,23-24H,11,16-17H2,1H3/t18-,23+,24-/m1/s1. The number of hydrogen-bond acceptors (Lipinski definition) is 3. The Hall–Kier alpha value is -3.40. The minimum absolute atomic E-state index is 0.0509. The highest BCUT2D eigenvalue weighted by atomic mass is 16.5. The molecule has 31 heavy (non-hydrogen) atoms. The van der Waals surface area contributed by atoms with E-state index in [1.807, 2.05) is 54.6 Å². The van der Waals surface area contributed by atoms with Crippen LogP contribution in [0, 0.1) is 17.8 Å². The number of anilines is 1. The molecule has 3 aromatic rings. The normalized spacial score (nSPS) is 23.0. The van der Waals surface area contributed by atoms with Gasteiger partial charge in [0.2, 0.25) is 11.8 Å². The highest BCUT2D eigenvalue weighted by molar-refractivity contribution is 6.22. The molecular weight excluding hydrogens is 386 g/mol. The van der Waals surface area contributed by atoms with Crippen molar-refractivity contribution in [3.63, 3.8) is 0 Å². The van der Waals surface area contributed by atoms with Gasteiger partial charge in [0, 0.05) is 5.56 Å². The zero-order chi connectivity index (χ0) is 21.4. The van der Waals surface area contributed by atoms with Crippen molar-refractivity contribution in [1.29, 1.82) is 0 Å². The summed E-state index contributed by atoms with van der Waals surface area (Å²) in [6.07, 6.45) is 2.63. The van der Waals surface area contributed by atoms with Gasteiger partial charge in [-0.15, -0.1) is 0 Å². The number of nitrogens with zero attached hydrogens (tertiary/aromatic N) is 1. The van der Waals surface area contributed by atoms with E-state index in [0.717, 1.165) is 36.1 Å². The van der Waals surface area contributed by atoms with E-state index in [2.05, 4.69) is 19.1 Å². The molecule has 1 saturated heterocycles. The monoisotopic (exact) mass is 411 g/mol. The topological polar surface area (TPSA) is 46.6 Å². The summed E-state index contributed by atoms with van der Waals surface area (Å²) in [7, 11) is 0. The number of hydrogen-bond donors (Lipinski definition) is 0. The van der Waals surface area contributed by atoms with Crippen LogP contribution in [0.4, 0.5) is 5.69 Å². The first-order valence-corrected chi connectivity index (χ1v) is 10.9. The average molecular weight is 412 g/mol. The highest BCUT2D eigenvalue weighted by Gasteiger charge is 2.49. The Morgan fingerprint density at radius 2 is 1.45 bits per heavy atom. The van der Waals surface area contributed by atoms with Crippen LogP contribution in [0.5, 0.6) is 11.5 Å². The first kappa shape index (κ1) is 19.6. The number of rotatable bonds is 4. The fraction of sp³-hybridized carbons (Fsp3) is 0.259. The largest absolute Gasteiger partial charge is 0.457 e. The predicted molar refractivity (Wildman–Crippen MR) is 121 cm³/mol. The third-order valence-electron chi connectivity index (χ3n) is 6.48. The molecule has 1 aliphatic carbocycles. The number of carbonyl (C=O) groups is 2. The maximum absolute atomic E-state index is 12.9. The summed E-state index contributed by atoms with van der Waals surface area (Å²) >= 11 is 0. The molecule has 2 fully saturated rings. The van der Waals surface area contributed by atoms with Crippen molar-refractivity contribution in [3.05, 3.63) is 78.9 Å². The van der Waals surface area contributed by atoms with E-state index in [1.54, 1.807) is 12.1 Å². The second kappa shape index (κ2) is 8.03. The number of fused-ring (bicyclic) bond motifs is 1. The molecule has 0 aromatic heterocycles. The van der Waals surface area contributed by atoms with E-state index < -0.39 is 0 Å². The Morgan fingerprint density at radius 1 is 0.774 bits per heavy atom. The molecule has 2 aliphatic rings. The van der Waals surface area contributed by atoms with Crippen molar-refractivity contribution in [2.45, 2.75) is 26.2 Å². The summed E-state index contributed by atoms with van der Waals surface area (Å²) in [5.41, 5.74) is 2.72. The lowest BCUT2D eigenvalue weighted by Crippen LogP contribution is -2.30. The van der Waals surface area contributed by atoms with Crippen molar-refractivity contribution in [2.75, 3.05) is 4.90 Å². The van der Waals surface area contributed by atoms with Gasteiger partial charge in [0.1, 0.15) is 11.5 Å². The summed E-state index contributed by atoms with van der Waals surface area (Å²) in [4.78, 5) is 27.2. The van der Waals surface area contributed by atoms with Crippen LogP contribution in [0.2, 0.25) is 0 Å². The maximum Gasteiger partial charge on any atom is 0.237 e. The Bertz CT molecular complexity index is 1110. The second-order valence-electron chi connectivity index (χ2n) is 8.60. The Balaban J connectivity index is 1.37. The van der Waals surface area contributed by atoms with Crippen LogP contribution in [0.1, 0.15) is 26.2 Å². The highest BCUT2D eigenvalue weighted by Crippen LogP contribution is 2.42. The lowest BCUT2D eigenvalue weighted by Gasteiger charge is -2.25. The van der Waals surface area contributed by atoms with Crippen molar-refractivity contribution in [3.8, 4) is 22.6 Å². The molecule has 4 heteroatoms. The minimum Gasteiger partial charge on any atom is -0.457 e. The molecule has 2 amide bonds. The van der Waals surface area contributed by atoms with Crippen molar-refractivity contribution in [1.82, 2.24) is 0 Å². The molecule has 0 radical (unpaired) electrons. The first-order chi connectivity index (χ1) is 15.1. The molecule has 3 atom stereocenters. The predicted octanol–water partition coefficient (Wildman–Crippen LogP) is 6.07. The molecule has 5 rings (SSSR count). The number of imide groups is 1. The van der Waals surface area contributed by atoms with E-state index in [-0.39, 0.29) is 23.7 Å². The number of carbonyl (C=O) groups excluding carboxylic acids is 2. The molecule has 1 aliphatic heterocycles. The SMILES string of the molecule is C[C@@H]1CC[C@@H]2C(=O)N(c3ccc(Oc4ccccc4-c4ccccc4)cc3)C(=O)[C@@H]2C1. The van der Waals surface area contributed by atoms with Crippen LogP contribution in [0.25, 0.3) is 11.1 Å². The smallest absolute Gasteiger partial charge is 0.237 e. The molecule has 0 unspecified atom stereocenters. The zero-order valence-electron chi connectivity index (χ0n) is 17.5. The number of amides is 2. The van der Waals surface area contributed by atoms with Gasteiger partial charge < -0.3 is 4.74 Å². The van der Waals surface area contributed by atoms with E-state index in [0.29, 0.717) is 17.4 Å². The van der Waals surface area contributed by atoms with Crippen molar-refractivity contribution >= 4 is 17.5 Å². The van der Waals surface area contributed by atoms with E-state index in [1.165, 1.54) is 4.90 Å². The quantitative estimate of drug-likeness (QED) is 0.490. The van der Waals surface area contributed by atoms with Gasteiger partial charge in [-0.2, -0.15) is 0 Å². The molecule has 3 aromatic carbocycles. The Labute approximate surface area is 182 Å². The molecule has 0 N–H and O–H groups in total. The fourth-order valence-corrected chi connectivity index (χ4v) is 4.85. The van der Waals surface area contributed by atoms with E-state index in [4.69, 9.17) is 4.74 Å². The summed E-state index contributed by atoms with van der Waals surface area (Å²) in [5, 5.41) is 0. The number of benzene rings is 3. The van der Waals surface area contributed by atoms with Gasteiger partial charge in [0.15, 0.2) is 0 Å². The second-order valence-corrected chi connectivity index (χ2v) is 8.60.